The number of anilines is 2. The van der Waals surface area contributed by atoms with Crippen molar-refractivity contribution < 1.29 is 9.18 Å². The molecule has 3 N–H and O–H groups in total. The molecule has 0 radical (unpaired) electrons. The highest BCUT2D eigenvalue weighted by Gasteiger charge is 2.08. The Bertz CT molecular complexity index is 618. The molecular formula is C15H15FN2O. The van der Waals surface area contributed by atoms with Gasteiger partial charge in [-0.25, -0.2) is 4.39 Å². The van der Waals surface area contributed by atoms with Crippen LogP contribution in [0.5, 0.6) is 0 Å². The van der Waals surface area contributed by atoms with E-state index in [1.165, 1.54) is 12.1 Å². The minimum absolute atomic E-state index is 0.0596. The largest absolute Gasteiger partial charge is 0.396 e. The van der Waals surface area contributed by atoms with Crippen molar-refractivity contribution in [1.82, 2.24) is 0 Å². The van der Waals surface area contributed by atoms with Crippen LogP contribution in [-0.4, -0.2) is 5.91 Å². The number of hydrogen-bond acceptors (Lipinski definition) is 2. The van der Waals surface area contributed by atoms with Gasteiger partial charge in [-0.2, -0.15) is 0 Å². The molecule has 0 bridgehead atoms. The maximum atomic E-state index is 13.3. The molecule has 0 aliphatic rings. The van der Waals surface area contributed by atoms with E-state index in [2.05, 4.69) is 5.32 Å². The first-order valence-electron chi connectivity index (χ1n) is 5.90. The summed E-state index contributed by atoms with van der Waals surface area (Å²) in [4.78, 5) is 12.0. The average molecular weight is 258 g/mol. The molecule has 0 heterocycles. The molecular weight excluding hydrogens is 243 g/mol. The number of nitrogens with two attached hydrogens (primary N) is 1. The number of rotatable bonds is 2. The number of amides is 1. The normalized spacial score (nSPS) is 10.3. The van der Waals surface area contributed by atoms with Crippen molar-refractivity contribution in [3.8, 4) is 0 Å². The van der Waals surface area contributed by atoms with Crippen LogP contribution in [0.4, 0.5) is 15.8 Å². The zero-order chi connectivity index (χ0) is 14.0. The number of carbonyl (C=O) groups excluding carboxylic acids is 1. The van der Waals surface area contributed by atoms with Gasteiger partial charge in [0.1, 0.15) is 5.82 Å². The molecule has 1 amide bonds. The van der Waals surface area contributed by atoms with Gasteiger partial charge in [-0.3, -0.25) is 4.79 Å². The first-order chi connectivity index (χ1) is 8.95. The van der Waals surface area contributed by atoms with E-state index in [1.54, 1.807) is 18.2 Å². The lowest BCUT2D eigenvalue weighted by atomic mass is 10.1. The van der Waals surface area contributed by atoms with Crippen molar-refractivity contribution in [3.63, 3.8) is 0 Å². The summed E-state index contributed by atoms with van der Waals surface area (Å²) >= 11 is 0. The van der Waals surface area contributed by atoms with E-state index in [9.17, 15) is 9.18 Å². The minimum Gasteiger partial charge on any atom is -0.396 e. The monoisotopic (exact) mass is 258 g/mol. The molecule has 0 unspecified atom stereocenters. The third kappa shape index (κ3) is 3.10. The lowest BCUT2D eigenvalue weighted by molar-refractivity contribution is 0.102. The van der Waals surface area contributed by atoms with Gasteiger partial charge < -0.3 is 11.1 Å². The fourth-order valence-electron chi connectivity index (χ4n) is 1.91. The summed E-state index contributed by atoms with van der Waals surface area (Å²) in [6.45, 7) is 3.85. The van der Waals surface area contributed by atoms with Gasteiger partial charge in [0.2, 0.25) is 0 Å². The summed E-state index contributed by atoms with van der Waals surface area (Å²) in [5, 5.41) is 2.65. The van der Waals surface area contributed by atoms with Crippen LogP contribution in [0.2, 0.25) is 0 Å². The lowest BCUT2D eigenvalue weighted by Crippen LogP contribution is -2.12. The lowest BCUT2D eigenvalue weighted by Gasteiger charge is -2.08. The Labute approximate surface area is 111 Å². The van der Waals surface area contributed by atoms with Gasteiger partial charge in [0.25, 0.3) is 5.91 Å². The zero-order valence-corrected chi connectivity index (χ0v) is 10.8. The highest BCUT2D eigenvalue weighted by Crippen LogP contribution is 2.17. The number of hydrogen-bond donors (Lipinski definition) is 2. The van der Waals surface area contributed by atoms with E-state index in [-0.39, 0.29) is 11.6 Å². The van der Waals surface area contributed by atoms with Crippen molar-refractivity contribution in [2.75, 3.05) is 11.1 Å². The van der Waals surface area contributed by atoms with Gasteiger partial charge in [0.15, 0.2) is 0 Å². The number of nitrogen functional groups attached to an aromatic ring is 1. The van der Waals surface area contributed by atoms with Crippen molar-refractivity contribution in [1.29, 1.82) is 0 Å². The van der Waals surface area contributed by atoms with Crippen LogP contribution in [0.25, 0.3) is 0 Å². The minimum atomic E-state index is -0.543. The molecule has 4 heteroatoms. The molecule has 0 spiro atoms. The van der Waals surface area contributed by atoms with Crippen LogP contribution in [0.15, 0.2) is 36.4 Å². The highest BCUT2D eigenvalue weighted by atomic mass is 19.1. The second kappa shape index (κ2) is 5.10. The summed E-state index contributed by atoms with van der Waals surface area (Å²) in [5.74, 6) is -0.811. The van der Waals surface area contributed by atoms with Crippen LogP contribution in [0.3, 0.4) is 0 Å². The van der Waals surface area contributed by atoms with Crippen molar-refractivity contribution in [2.24, 2.45) is 0 Å². The summed E-state index contributed by atoms with van der Waals surface area (Å²) < 4.78 is 13.3. The van der Waals surface area contributed by atoms with Crippen molar-refractivity contribution >= 4 is 17.3 Å². The molecule has 0 aliphatic carbocycles. The van der Waals surface area contributed by atoms with Crippen molar-refractivity contribution in [2.45, 2.75) is 13.8 Å². The predicted molar refractivity (Wildman–Crippen MR) is 74.7 cm³/mol. The standard InChI is InChI=1S/C15H15FN2O/c1-9-5-10(2)7-11(6-9)15(19)18-12-3-4-14(17)13(16)8-12/h3-8H,17H2,1-2H3,(H,18,19). The number of nitrogens with one attached hydrogen (secondary N) is 1. The van der Waals surface area contributed by atoms with Gasteiger partial charge in [0, 0.05) is 11.3 Å². The molecule has 0 saturated heterocycles. The molecule has 0 saturated carbocycles. The number of carbonyl (C=O) groups is 1. The molecule has 19 heavy (non-hydrogen) atoms. The number of halogens is 1. The molecule has 0 aliphatic heterocycles. The van der Waals surface area contributed by atoms with Crippen LogP contribution >= 0.6 is 0 Å². The second-order valence-electron chi connectivity index (χ2n) is 4.57. The van der Waals surface area contributed by atoms with E-state index in [4.69, 9.17) is 5.73 Å². The van der Waals surface area contributed by atoms with Crippen LogP contribution in [0.1, 0.15) is 21.5 Å². The van der Waals surface area contributed by atoms with Gasteiger partial charge in [-0.15, -0.1) is 0 Å². The Morgan fingerprint density at radius 3 is 2.32 bits per heavy atom. The summed E-state index contributed by atoms with van der Waals surface area (Å²) in [7, 11) is 0. The van der Waals surface area contributed by atoms with Crippen LogP contribution < -0.4 is 11.1 Å². The molecule has 0 atom stereocenters. The van der Waals surface area contributed by atoms with E-state index in [0.717, 1.165) is 11.1 Å². The number of benzene rings is 2. The SMILES string of the molecule is Cc1cc(C)cc(C(=O)Nc2ccc(N)c(F)c2)c1. The first-order valence-corrected chi connectivity index (χ1v) is 5.90. The molecule has 98 valence electrons. The van der Waals surface area contributed by atoms with E-state index < -0.39 is 5.82 Å². The Morgan fingerprint density at radius 2 is 1.74 bits per heavy atom. The molecule has 0 fully saturated rings. The van der Waals surface area contributed by atoms with Gasteiger partial charge in [0.05, 0.1) is 5.69 Å². The molecule has 2 rings (SSSR count). The topological polar surface area (TPSA) is 55.1 Å². The molecule has 2 aromatic carbocycles. The molecule has 2 aromatic rings. The average Bonchev–Trinajstić information content (AvgIpc) is 2.32. The summed E-state index contributed by atoms with van der Waals surface area (Å²) in [6, 6.07) is 9.76. The van der Waals surface area contributed by atoms with E-state index >= 15 is 0 Å². The molecule has 3 nitrogen and oxygen atoms in total. The quantitative estimate of drug-likeness (QED) is 0.812. The molecule has 0 aromatic heterocycles. The van der Waals surface area contributed by atoms with E-state index in [0.29, 0.717) is 11.3 Å². The smallest absolute Gasteiger partial charge is 0.255 e. The summed E-state index contributed by atoms with van der Waals surface area (Å²) in [6.07, 6.45) is 0. The summed E-state index contributed by atoms with van der Waals surface area (Å²) in [5.41, 5.74) is 8.39. The Kier molecular flexibility index (Phi) is 3.51. The Balaban J connectivity index is 2.22. The third-order valence-corrected chi connectivity index (χ3v) is 2.74. The zero-order valence-electron chi connectivity index (χ0n) is 10.8. The van der Waals surface area contributed by atoms with Crippen LogP contribution in [0, 0.1) is 19.7 Å². The second-order valence-corrected chi connectivity index (χ2v) is 4.57. The van der Waals surface area contributed by atoms with Gasteiger partial charge in [-0.05, 0) is 44.2 Å². The third-order valence-electron chi connectivity index (χ3n) is 2.74. The van der Waals surface area contributed by atoms with Gasteiger partial charge in [-0.1, -0.05) is 17.2 Å². The first kappa shape index (κ1) is 13.1. The number of aryl methyl sites for hydroxylation is 2. The fourth-order valence-corrected chi connectivity index (χ4v) is 1.91. The predicted octanol–water partition coefficient (Wildman–Crippen LogP) is 3.28. The van der Waals surface area contributed by atoms with Crippen LogP contribution in [-0.2, 0) is 0 Å². The van der Waals surface area contributed by atoms with Crippen molar-refractivity contribution in [3.05, 3.63) is 58.9 Å². The Morgan fingerprint density at radius 1 is 1.11 bits per heavy atom. The maximum Gasteiger partial charge on any atom is 0.255 e. The Hall–Kier alpha value is -2.36. The maximum absolute atomic E-state index is 13.3. The highest BCUT2D eigenvalue weighted by molar-refractivity contribution is 6.04. The van der Waals surface area contributed by atoms with E-state index in [1.807, 2.05) is 19.9 Å². The fraction of sp³-hybridized carbons (Fsp3) is 0.133. The van der Waals surface area contributed by atoms with Gasteiger partial charge >= 0.3 is 0 Å².